The van der Waals surface area contributed by atoms with Gasteiger partial charge in [0, 0.05) is 12.6 Å². The second-order valence-corrected chi connectivity index (χ2v) is 5.84. The Morgan fingerprint density at radius 1 is 0.724 bits per heavy atom. The van der Waals surface area contributed by atoms with Gasteiger partial charge in [-0.15, -0.1) is 0 Å². The van der Waals surface area contributed by atoms with Crippen LogP contribution in [-0.4, -0.2) is 90.3 Å². The Morgan fingerprint density at radius 2 is 1.14 bits per heavy atom. The van der Waals surface area contributed by atoms with E-state index in [9.17, 15) is 4.79 Å². The second kappa shape index (κ2) is 18.3. The predicted molar refractivity (Wildman–Crippen MR) is 107 cm³/mol. The summed E-state index contributed by atoms with van der Waals surface area (Å²) in [6.07, 6.45) is 0. The summed E-state index contributed by atoms with van der Waals surface area (Å²) in [4.78, 5) is 11.0. The summed E-state index contributed by atoms with van der Waals surface area (Å²) in [6, 6.07) is 7.16. The third-order valence-corrected chi connectivity index (χ3v) is 3.39. The van der Waals surface area contributed by atoms with Gasteiger partial charge in [-0.1, -0.05) is 0 Å². The molecule has 0 atom stereocenters. The summed E-state index contributed by atoms with van der Waals surface area (Å²) >= 11 is 0. The molecule has 1 amide bonds. The molecule has 29 heavy (non-hydrogen) atoms. The van der Waals surface area contributed by atoms with Gasteiger partial charge in [-0.05, 0) is 24.3 Å². The van der Waals surface area contributed by atoms with E-state index in [0.29, 0.717) is 72.7 Å². The molecule has 1 aromatic rings. The van der Waals surface area contributed by atoms with E-state index in [0.717, 1.165) is 11.4 Å². The van der Waals surface area contributed by atoms with Crippen LogP contribution in [0.25, 0.3) is 0 Å². The van der Waals surface area contributed by atoms with Crippen LogP contribution in [-0.2, 0) is 28.5 Å². The third-order valence-electron chi connectivity index (χ3n) is 3.39. The molecule has 0 fully saturated rings. The summed E-state index contributed by atoms with van der Waals surface area (Å²) in [7, 11) is 0. The van der Waals surface area contributed by atoms with Crippen molar-refractivity contribution >= 4 is 11.6 Å². The smallest absolute Gasteiger partial charge is 0.221 e. The zero-order valence-electron chi connectivity index (χ0n) is 17.1. The number of aliphatic hydroxyl groups is 1. The number of carbonyl (C=O) groups is 1. The Labute approximate surface area is 172 Å². The molecule has 1 rings (SSSR count). The average molecular weight is 415 g/mol. The average Bonchev–Trinajstić information content (AvgIpc) is 2.71. The fourth-order valence-electron chi connectivity index (χ4n) is 2.10. The van der Waals surface area contributed by atoms with E-state index >= 15 is 0 Å². The van der Waals surface area contributed by atoms with Crippen LogP contribution in [0.5, 0.6) is 5.75 Å². The summed E-state index contributed by atoms with van der Waals surface area (Å²) < 4.78 is 32.1. The van der Waals surface area contributed by atoms with Crippen LogP contribution in [0.15, 0.2) is 24.3 Å². The number of anilines is 1. The maximum atomic E-state index is 11.0. The Bertz CT molecular complexity index is 512. The molecular weight excluding hydrogens is 382 g/mol. The highest BCUT2D eigenvalue weighted by molar-refractivity contribution is 5.88. The first-order valence-electron chi connectivity index (χ1n) is 9.72. The molecule has 0 aromatic heterocycles. The fraction of sp³-hybridized carbons (Fsp3) is 0.650. The van der Waals surface area contributed by atoms with Gasteiger partial charge in [0.2, 0.25) is 5.91 Å². The van der Waals surface area contributed by atoms with E-state index < -0.39 is 0 Å². The van der Waals surface area contributed by atoms with Gasteiger partial charge in [-0.2, -0.15) is 0 Å². The monoisotopic (exact) mass is 415 g/mol. The van der Waals surface area contributed by atoms with Gasteiger partial charge >= 0.3 is 0 Å². The quantitative estimate of drug-likeness (QED) is 0.324. The van der Waals surface area contributed by atoms with Crippen molar-refractivity contribution in [1.82, 2.24) is 0 Å². The third kappa shape index (κ3) is 15.8. The minimum absolute atomic E-state index is 0.0262. The molecule has 1 aromatic carbocycles. The number of carbonyl (C=O) groups excluding carboxylic acids is 1. The van der Waals surface area contributed by atoms with Crippen molar-refractivity contribution in [3.8, 4) is 5.75 Å². The van der Waals surface area contributed by atoms with E-state index in [1.807, 2.05) is 0 Å². The van der Waals surface area contributed by atoms with Crippen LogP contribution in [0.4, 0.5) is 5.69 Å². The lowest BCUT2D eigenvalue weighted by atomic mass is 10.3. The highest BCUT2D eigenvalue weighted by atomic mass is 16.6. The first kappa shape index (κ1) is 25.3. The summed E-state index contributed by atoms with van der Waals surface area (Å²) in [5.74, 6) is 0.615. The van der Waals surface area contributed by atoms with Crippen molar-refractivity contribution in [1.29, 1.82) is 0 Å². The summed E-state index contributed by atoms with van der Waals surface area (Å²) in [6.45, 7) is 6.68. The lowest BCUT2D eigenvalue weighted by Gasteiger charge is -2.09. The van der Waals surface area contributed by atoms with E-state index in [-0.39, 0.29) is 12.5 Å². The molecule has 0 saturated carbocycles. The van der Waals surface area contributed by atoms with Gasteiger partial charge < -0.3 is 38.8 Å². The molecular formula is C20H33NO8. The lowest BCUT2D eigenvalue weighted by Crippen LogP contribution is -2.14. The summed E-state index contributed by atoms with van der Waals surface area (Å²) in [5.41, 5.74) is 0.735. The summed E-state index contributed by atoms with van der Waals surface area (Å²) in [5, 5.41) is 11.2. The SMILES string of the molecule is CC(=O)Nc1ccc(OCCOCCOCCOCCOCCOCCO)cc1. The van der Waals surface area contributed by atoms with Crippen LogP contribution >= 0.6 is 0 Å². The van der Waals surface area contributed by atoms with Gasteiger partial charge in [-0.3, -0.25) is 4.79 Å². The number of ether oxygens (including phenoxy) is 6. The van der Waals surface area contributed by atoms with E-state index in [1.165, 1.54) is 6.92 Å². The molecule has 0 bridgehead atoms. The van der Waals surface area contributed by atoms with Crippen LogP contribution in [0.3, 0.4) is 0 Å². The van der Waals surface area contributed by atoms with Crippen LogP contribution in [0, 0.1) is 0 Å². The molecule has 9 heteroatoms. The topological polar surface area (TPSA) is 105 Å². The molecule has 0 heterocycles. The highest BCUT2D eigenvalue weighted by Gasteiger charge is 1.98. The molecule has 0 radical (unpaired) electrons. The number of rotatable bonds is 19. The largest absolute Gasteiger partial charge is 0.491 e. The predicted octanol–water partition coefficient (Wildman–Crippen LogP) is 1.10. The standard InChI is InChI=1S/C20H33NO8/c1-18(23)21-19-2-4-20(5-3-19)29-17-16-28-15-14-27-13-12-26-11-10-25-9-8-24-7-6-22/h2-5,22H,6-17H2,1H3,(H,21,23). The van der Waals surface area contributed by atoms with Gasteiger partial charge in [0.1, 0.15) is 12.4 Å². The molecule has 0 aliphatic carbocycles. The molecule has 0 unspecified atom stereocenters. The molecule has 166 valence electrons. The van der Waals surface area contributed by atoms with Gasteiger partial charge in [0.05, 0.1) is 72.7 Å². The van der Waals surface area contributed by atoms with E-state index in [4.69, 9.17) is 33.5 Å². The zero-order chi connectivity index (χ0) is 21.0. The van der Waals surface area contributed by atoms with Gasteiger partial charge in [0.15, 0.2) is 0 Å². The number of amides is 1. The first-order chi connectivity index (χ1) is 14.2. The normalized spacial score (nSPS) is 10.8. The molecule has 0 spiro atoms. The Hall–Kier alpha value is -1.75. The van der Waals surface area contributed by atoms with Crippen molar-refractivity contribution in [3.63, 3.8) is 0 Å². The van der Waals surface area contributed by atoms with Crippen LogP contribution < -0.4 is 10.1 Å². The van der Waals surface area contributed by atoms with E-state index in [2.05, 4.69) is 5.32 Å². The number of aliphatic hydroxyl groups excluding tert-OH is 1. The van der Waals surface area contributed by atoms with Gasteiger partial charge in [-0.25, -0.2) is 0 Å². The number of benzene rings is 1. The minimum Gasteiger partial charge on any atom is -0.491 e. The van der Waals surface area contributed by atoms with Crippen molar-refractivity contribution in [3.05, 3.63) is 24.3 Å². The van der Waals surface area contributed by atoms with Gasteiger partial charge in [0.25, 0.3) is 0 Å². The maximum Gasteiger partial charge on any atom is 0.221 e. The Balaban J connectivity index is 1.80. The second-order valence-electron chi connectivity index (χ2n) is 5.84. The molecule has 2 N–H and O–H groups in total. The van der Waals surface area contributed by atoms with Crippen molar-refractivity contribution in [2.75, 3.05) is 84.6 Å². The molecule has 0 saturated heterocycles. The van der Waals surface area contributed by atoms with Crippen LogP contribution in [0.1, 0.15) is 6.92 Å². The van der Waals surface area contributed by atoms with Crippen molar-refractivity contribution < 1.29 is 38.3 Å². The number of nitrogens with one attached hydrogen (secondary N) is 1. The lowest BCUT2D eigenvalue weighted by molar-refractivity contribution is -0.114. The van der Waals surface area contributed by atoms with Crippen molar-refractivity contribution in [2.45, 2.75) is 6.92 Å². The highest BCUT2D eigenvalue weighted by Crippen LogP contribution is 2.15. The van der Waals surface area contributed by atoms with Crippen LogP contribution in [0.2, 0.25) is 0 Å². The minimum atomic E-state index is -0.105. The zero-order valence-corrected chi connectivity index (χ0v) is 17.1. The van der Waals surface area contributed by atoms with Crippen molar-refractivity contribution in [2.24, 2.45) is 0 Å². The Morgan fingerprint density at radius 3 is 1.55 bits per heavy atom. The fourth-order valence-corrected chi connectivity index (χ4v) is 2.10. The maximum absolute atomic E-state index is 11.0. The number of hydrogen-bond acceptors (Lipinski definition) is 8. The number of hydrogen-bond donors (Lipinski definition) is 2. The molecule has 0 aliphatic rings. The van der Waals surface area contributed by atoms with E-state index in [1.54, 1.807) is 24.3 Å². The molecule has 9 nitrogen and oxygen atoms in total. The first-order valence-corrected chi connectivity index (χ1v) is 9.72. The Kier molecular flexibility index (Phi) is 15.9. The molecule has 0 aliphatic heterocycles.